The van der Waals surface area contributed by atoms with Crippen LogP contribution in [0.4, 0.5) is 0 Å². The molecule has 5 nitrogen and oxygen atoms in total. The van der Waals surface area contributed by atoms with Gasteiger partial charge >= 0.3 is 0 Å². The van der Waals surface area contributed by atoms with E-state index in [1.807, 2.05) is 6.92 Å². The third-order valence-electron chi connectivity index (χ3n) is 2.63. The number of nitrogens with zero attached hydrogens (tertiary/aromatic N) is 3. The van der Waals surface area contributed by atoms with Gasteiger partial charge < -0.3 is 5.32 Å². The highest BCUT2D eigenvalue weighted by Crippen LogP contribution is 2.08. The average Bonchev–Trinajstić information content (AvgIpc) is 2.78. The van der Waals surface area contributed by atoms with Crippen molar-refractivity contribution in [2.45, 2.75) is 25.1 Å². The molecule has 0 aliphatic heterocycles. The summed E-state index contributed by atoms with van der Waals surface area (Å²) in [6, 6.07) is 0. The van der Waals surface area contributed by atoms with Gasteiger partial charge in [0, 0.05) is 24.3 Å². The first-order valence-corrected chi connectivity index (χ1v) is 6.32. The van der Waals surface area contributed by atoms with Crippen molar-refractivity contribution in [3.05, 3.63) is 30.4 Å². The van der Waals surface area contributed by atoms with Gasteiger partial charge in [-0.25, -0.2) is 4.52 Å². The molecule has 1 N–H and O–H groups in total. The minimum atomic E-state index is -0.125. The molecular weight excluding hydrogens is 252 g/mol. The van der Waals surface area contributed by atoms with Crippen molar-refractivity contribution in [1.29, 1.82) is 0 Å². The third kappa shape index (κ3) is 2.98. The second-order valence-electron chi connectivity index (χ2n) is 4.14. The number of carbonyl (C=O) groups is 1. The Morgan fingerprint density at radius 1 is 1.56 bits per heavy atom. The zero-order valence-corrected chi connectivity index (χ0v) is 10.9. The fraction of sp³-hybridized carbons (Fsp3) is 0.417. The highest BCUT2D eigenvalue weighted by molar-refractivity contribution is 6.20. The summed E-state index contributed by atoms with van der Waals surface area (Å²) in [5.74, 6) is -0.125. The van der Waals surface area contributed by atoms with Crippen molar-refractivity contribution in [3.8, 4) is 0 Å². The van der Waals surface area contributed by atoms with E-state index < -0.39 is 0 Å². The Hall–Kier alpha value is -1.62. The predicted octanol–water partition coefficient (Wildman–Crippen LogP) is 1.87. The monoisotopic (exact) mass is 266 g/mol. The van der Waals surface area contributed by atoms with Crippen molar-refractivity contribution in [2.75, 3.05) is 6.54 Å². The van der Waals surface area contributed by atoms with Crippen LogP contribution in [-0.4, -0.2) is 32.4 Å². The van der Waals surface area contributed by atoms with Gasteiger partial charge in [0.15, 0.2) is 0 Å². The van der Waals surface area contributed by atoms with Gasteiger partial charge in [-0.3, -0.25) is 9.78 Å². The van der Waals surface area contributed by atoms with E-state index >= 15 is 0 Å². The van der Waals surface area contributed by atoms with E-state index in [1.165, 1.54) is 0 Å². The summed E-state index contributed by atoms with van der Waals surface area (Å²) in [5, 5.41) is 7.09. The molecule has 0 saturated heterocycles. The maximum absolute atomic E-state index is 11.9. The molecule has 0 saturated carbocycles. The van der Waals surface area contributed by atoms with Gasteiger partial charge in [0.25, 0.3) is 5.91 Å². The van der Waals surface area contributed by atoms with E-state index in [0.717, 1.165) is 12.8 Å². The summed E-state index contributed by atoms with van der Waals surface area (Å²) in [6.45, 7) is 2.56. The molecule has 0 aromatic carbocycles. The van der Waals surface area contributed by atoms with E-state index in [2.05, 4.69) is 15.4 Å². The highest BCUT2D eigenvalue weighted by Gasteiger charge is 2.11. The molecule has 1 amide bonds. The van der Waals surface area contributed by atoms with Gasteiger partial charge in [0.05, 0.1) is 23.5 Å². The van der Waals surface area contributed by atoms with Crippen molar-refractivity contribution in [3.63, 3.8) is 0 Å². The van der Waals surface area contributed by atoms with E-state index in [0.29, 0.717) is 17.6 Å². The Balaban J connectivity index is 1.97. The second-order valence-corrected chi connectivity index (χ2v) is 4.89. The Kier molecular flexibility index (Phi) is 4.15. The van der Waals surface area contributed by atoms with Crippen LogP contribution in [0.25, 0.3) is 5.52 Å². The van der Waals surface area contributed by atoms with Gasteiger partial charge in [-0.05, 0) is 19.8 Å². The third-order valence-corrected chi connectivity index (χ3v) is 2.85. The van der Waals surface area contributed by atoms with Crippen LogP contribution in [-0.2, 0) is 0 Å². The predicted molar refractivity (Wildman–Crippen MR) is 69.9 cm³/mol. The smallest absolute Gasteiger partial charge is 0.255 e. The Labute approximate surface area is 110 Å². The molecule has 18 heavy (non-hydrogen) atoms. The van der Waals surface area contributed by atoms with E-state index in [9.17, 15) is 4.79 Å². The Bertz CT molecular complexity index is 538. The SMILES string of the molecule is CC(Cl)CCCNC(=O)c1cnn2ccncc12. The lowest BCUT2D eigenvalue weighted by Crippen LogP contribution is -2.24. The number of halogens is 1. The summed E-state index contributed by atoms with van der Waals surface area (Å²) in [6.07, 6.45) is 8.27. The maximum atomic E-state index is 11.9. The Morgan fingerprint density at radius 2 is 2.39 bits per heavy atom. The van der Waals surface area contributed by atoms with Crippen LogP contribution < -0.4 is 5.32 Å². The molecule has 1 atom stereocenters. The molecule has 2 aromatic heterocycles. The molecule has 2 heterocycles. The summed E-state index contributed by atoms with van der Waals surface area (Å²) in [7, 11) is 0. The van der Waals surface area contributed by atoms with Crippen LogP contribution in [0.15, 0.2) is 24.8 Å². The standard InChI is InChI=1S/C12H15ClN4O/c1-9(13)3-2-4-15-12(18)10-7-16-17-6-5-14-8-11(10)17/h5-9H,2-4H2,1H3,(H,15,18). The topological polar surface area (TPSA) is 59.3 Å². The molecule has 0 aliphatic rings. The lowest BCUT2D eigenvalue weighted by Gasteiger charge is -2.05. The zero-order chi connectivity index (χ0) is 13.0. The first kappa shape index (κ1) is 12.8. The number of fused-ring (bicyclic) bond motifs is 1. The van der Waals surface area contributed by atoms with E-state index in [-0.39, 0.29) is 11.3 Å². The molecule has 96 valence electrons. The second kappa shape index (κ2) is 5.82. The van der Waals surface area contributed by atoms with Gasteiger partial charge in [-0.1, -0.05) is 0 Å². The lowest BCUT2D eigenvalue weighted by atomic mass is 10.2. The van der Waals surface area contributed by atoms with E-state index in [1.54, 1.807) is 29.3 Å². The molecule has 0 spiro atoms. The highest BCUT2D eigenvalue weighted by atomic mass is 35.5. The molecule has 0 radical (unpaired) electrons. The van der Waals surface area contributed by atoms with Gasteiger partial charge in [0.1, 0.15) is 0 Å². The lowest BCUT2D eigenvalue weighted by molar-refractivity contribution is 0.0954. The number of alkyl halides is 1. The van der Waals surface area contributed by atoms with Gasteiger partial charge in [0.2, 0.25) is 0 Å². The summed E-state index contributed by atoms with van der Waals surface area (Å²) in [5.41, 5.74) is 1.25. The minimum Gasteiger partial charge on any atom is -0.352 e. The number of nitrogens with one attached hydrogen (secondary N) is 1. The number of aromatic nitrogens is 3. The van der Waals surface area contributed by atoms with Crippen LogP contribution in [0.1, 0.15) is 30.1 Å². The van der Waals surface area contributed by atoms with Gasteiger partial charge in [-0.2, -0.15) is 5.10 Å². The largest absolute Gasteiger partial charge is 0.352 e. The summed E-state index contributed by atoms with van der Waals surface area (Å²) < 4.78 is 1.63. The number of hydrogen-bond donors (Lipinski definition) is 1. The summed E-state index contributed by atoms with van der Waals surface area (Å²) in [4.78, 5) is 15.9. The fourth-order valence-corrected chi connectivity index (χ4v) is 1.84. The number of hydrogen-bond acceptors (Lipinski definition) is 3. The fourth-order valence-electron chi connectivity index (χ4n) is 1.69. The molecule has 0 aliphatic carbocycles. The average molecular weight is 267 g/mol. The number of carbonyl (C=O) groups excluding carboxylic acids is 1. The molecule has 0 fully saturated rings. The van der Waals surface area contributed by atoms with Crippen molar-refractivity contribution in [1.82, 2.24) is 19.9 Å². The van der Waals surface area contributed by atoms with Gasteiger partial charge in [-0.15, -0.1) is 11.6 Å². The van der Waals surface area contributed by atoms with Crippen LogP contribution >= 0.6 is 11.6 Å². The van der Waals surface area contributed by atoms with Crippen LogP contribution in [0, 0.1) is 0 Å². The van der Waals surface area contributed by atoms with E-state index in [4.69, 9.17) is 11.6 Å². The van der Waals surface area contributed by atoms with Crippen LogP contribution in [0.3, 0.4) is 0 Å². The van der Waals surface area contributed by atoms with Crippen molar-refractivity contribution >= 4 is 23.0 Å². The van der Waals surface area contributed by atoms with Crippen LogP contribution in [0.2, 0.25) is 0 Å². The zero-order valence-electron chi connectivity index (χ0n) is 10.1. The van der Waals surface area contributed by atoms with Crippen molar-refractivity contribution in [2.24, 2.45) is 0 Å². The first-order valence-electron chi connectivity index (χ1n) is 5.88. The van der Waals surface area contributed by atoms with Crippen molar-refractivity contribution < 1.29 is 4.79 Å². The number of rotatable bonds is 5. The minimum absolute atomic E-state index is 0.125. The molecule has 2 rings (SSSR count). The summed E-state index contributed by atoms with van der Waals surface area (Å²) >= 11 is 5.84. The Morgan fingerprint density at radius 3 is 3.17 bits per heavy atom. The normalized spacial score (nSPS) is 12.6. The maximum Gasteiger partial charge on any atom is 0.255 e. The molecule has 2 aromatic rings. The first-order chi connectivity index (χ1) is 8.68. The molecular formula is C12H15ClN4O. The molecule has 6 heteroatoms. The molecule has 1 unspecified atom stereocenters. The van der Waals surface area contributed by atoms with Crippen LogP contribution in [0.5, 0.6) is 0 Å². The number of amides is 1. The molecule has 0 bridgehead atoms. The quantitative estimate of drug-likeness (QED) is 0.664.